The molecular weight excluding hydrogens is 588 g/mol. The van der Waals surface area contributed by atoms with Crippen LogP contribution in [-0.2, 0) is 20.8 Å². The summed E-state index contributed by atoms with van der Waals surface area (Å²) in [5.74, 6) is -6.94. The van der Waals surface area contributed by atoms with Crippen LogP contribution in [0, 0.1) is 11.8 Å². The molecular formula is C29H30ClF6N3O3. The number of Topliss-reactive ketones (excluding diaryl/α,β-unsaturated/α-hetero) is 1. The predicted octanol–water partition coefficient (Wildman–Crippen LogP) is 6.27. The Labute approximate surface area is 243 Å². The molecule has 2 aromatic rings. The Kier molecular flexibility index (Phi) is 10.5. The van der Waals surface area contributed by atoms with Crippen LogP contribution >= 0.6 is 11.6 Å². The van der Waals surface area contributed by atoms with E-state index >= 15 is 0 Å². The Morgan fingerprint density at radius 3 is 2.14 bits per heavy atom. The number of hydrogen-bond donors (Lipinski definition) is 2. The summed E-state index contributed by atoms with van der Waals surface area (Å²) in [5, 5.41) is 2.67. The first-order valence-corrected chi connectivity index (χ1v) is 13.6. The number of hydrogen-bond acceptors (Lipinski definition) is 4. The van der Waals surface area contributed by atoms with Crippen molar-refractivity contribution in [2.45, 2.75) is 70.4 Å². The summed E-state index contributed by atoms with van der Waals surface area (Å²) < 4.78 is 78.1. The number of primary amides is 1. The lowest BCUT2D eigenvalue weighted by atomic mass is 9.83. The Bertz CT molecular complexity index is 1360. The molecule has 228 valence electrons. The number of nitrogens with one attached hydrogen (secondary N) is 1. The molecule has 13 heteroatoms. The lowest BCUT2D eigenvalue weighted by Gasteiger charge is -2.26. The fraction of sp³-hybridized carbons (Fsp3) is 0.448. The van der Waals surface area contributed by atoms with Gasteiger partial charge >= 0.3 is 12.4 Å². The molecule has 6 nitrogen and oxygen atoms in total. The molecule has 0 bridgehead atoms. The van der Waals surface area contributed by atoms with Crippen LogP contribution in [0.3, 0.4) is 0 Å². The van der Waals surface area contributed by atoms with Gasteiger partial charge in [0.05, 0.1) is 5.71 Å². The van der Waals surface area contributed by atoms with Crippen LogP contribution in [0.5, 0.6) is 0 Å². The van der Waals surface area contributed by atoms with E-state index in [1.54, 1.807) is 36.4 Å². The second-order valence-electron chi connectivity index (χ2n) is 10.5. The predicted molar refractivity (Wildman–Crippen MR) is 145 cm³/mol. The molecule has 1 aliphatic rings. The van der Waals surface area contributed by atoms with Gasteiger partial charge in [-0.2, -0.15) is 26.3 Å². The van der Waals surface area contributed by atoms with Crippen molar-refractivity contribution in [1.29, 1.82) is 0 Å². The van der Waals surface area contributed by atoms with E-state index in [1.165, 1.54) is 0 Å². The minimum absolute atomic E-state index is 0.00351. The minimum atomic E-state index is -4.77. The maximum absolute atomic E-state index is 13.5. The van der Waals surface area contributed by atoms with E-state index in [2.05, 4.69) is 10.3 Å². The monoisotopic (exact) mass is 617 g/mol. The van der Waals surface area contributed by atoms with Crippen molar-refractivity contribution in [3.63, 3.8) is 0 Å². The molecule has 2 aromatic carbocycles. The Morgan fingerprint density at radius 1 is 1.00 bits per heavy atom. The van der Waals surface area contributed by atoms with Gasteiger partial charge in [-0.05, 0) is 42.0 Å². The van der Waals surface area contributed by atoms with Gasteiger partial charge in [0.2, 0.25) is 11.8 Å². The zero-order valence-corrected chi connectivity index (χ0v) is 23.5. The maximum Gasteiger partial charge on any atom is 0.389 e. The molecule has 1 heterocycles. The van der Waals surface area contributed by atoms with Crippen LogP contribution in [0.15, 0.2) is 47.5 Å². The number of nitrogens with two attached hydrogens (primary N) is 1. The van der Waals surface area contributed by atoms with Gasteiger partial charge in [0.15, 0.2) is 11.9 Å². The van der Waals surface area contributed by atoms with Crippen LogP contribution < -0.4 is 11.1 Å². The van der Waals surface area contributed by atoms with E-state index in [1.807, 2.05) is 19.9 Å². The Balaban J connectivity index is 2.06. The molecule has 0 aliphatic carbocycles. The van der Waals surface area contributed by atoms with Gasteiger partial charge in [0.25, 0.3) is 0 Å². The second kappa shape index (κ2) is 13.3. The van der Waals surface area contributed by atoms with Crippen molar-refractivity contribution in [1.82, 2.24) is 5.32 Å². The van der Waals surface area contributed by atoms with Crippen LogP contribution in [0.2, 0.25) is 5.02 Å². The van der Waals surface area contributed by atoms with Crippen LogP contribution in [0.4, 0.5) is 26.3 Å². The van der Waals surface area contributed by atoms with E-state index in [0.29, 0.717) is 21.7 Å². The molecule has 0 aromatic heterocycles. The standard InChI is InChI=1S/C29H30ClF6N3O3/c1-15(2)18-7-4-8-19-22(18)14-23(40)26(38-24(19)16-5-3-6-17(30)13-16)39-27(42)21(10-12-29(34,35)36)20(25(37)41)9-11-28(31,32)33/h3-8,13,15,20-21,26H,9-12,14H2,1-2H3,(H2,37,41)(H,39,42)/t20-,21+,26+/m0/s1. The van der Waals surface area contributed by atoms with Gasteiger partial charge in [0.1, 0.15) is 0 Å². The highest BCUT2D eigenvalue weighted by molar-refractivity contribution is 6.31. The van der Waals surface area contributed by atoms with Gasteiger partial charge in [-0.3, -0.25) is 19.4 Å². The average molecular weight is 618 g/mol. The highest BCUT2D eigenvalue weighted by Crippen LogP contribution is 2.33. The third-order valence-electron chi connectivity index (χ3n) is 7.05. The lowest BCUT2D eigenvalue weighted by Crippen LogP contribution is -2.47. The molecule has 3 atom stereocenters. The first kappa shape index (κ1) is 33.1. The van der Waals surface area contributed by atoms with Crippen molar-refractivity contribution in [2.75, 3.05) is 0 Å². The third-order valence-corrected chi connectivity index (χ3v) is 7.28. The number of alkyl halides is 6. The van der Waals surface area contributed by atoms with Crippen molar-refractivity contribution >= 4 is 34.9 Å². The molecule has 0 radical (unpaired) electrons. The zero-order chi connectivity index (χ0) is 31.4. The number of nitrogens with zero attached hydrogens (tertiary/aromatic N) is 1. The SMILES string of the molecule is CC(C)c1cccc2c1CC(=O)[C@@H](NC(=O)[C@H](CCC(F)(F)F)[C@H](CCC(F)(F)F)C(N)=O)N=C2c1cccc(Cl)c1. The molecule has 1 aliphatic heterocycles. The summed E-state index contributed by atoms with van der Waals surface area (Å²) in [4.78, 5) is 43.4. The van der Waals surface area contributed by atoms with Gasteiger partial charge < -0.3 is 11.1 Å². The molecule has 42 heavy (non-hydrogen) atoms. The number of aliphatic imine (C=N–C) groups is 1. The lowest BCUT2D eigenvalue weighted by molar-refractivity contribution is -0.152. The molecule has 2 amide bonds. The van der Waals surface area contributed by atoms with Gasteiger partial charge in [-0.15, -0.1) is 0 Å². The minimum Gasteiger partial charge on any atom is -0.369 e. The number of halogens is 7. The van der Waals surface area contributed by atoms with Crippen LogP contribution in [-0.4, -0.2) is 41.8 Å². The van der Waals surface area contributed by atoms with Crippen molar-refractivity contribution in [2.24, 2.45) is 22.6 Å². The summed E-state index contributed by atoms with van der Waals surface area (Å²) in [6, 6.07) is 11.9. The molecule has 3 rings (SSSR count). The Morgan fingerprint density at radius 2 is 1.60 bits per heavy atom. The number of ketones is 1. The number of benzene rings is 2. The van der Waals surface area contributed by atoms with Crippen molar-refractivity contribution < 1.29 is 40.7 Å². The summed E-state index contributed by atoms with van der Waals surface area (Å²) >= 11 is 6.19. The van der Waals surface area contributed by atoms with E-state index in [0.717, 1.165) is 5.56 Å². The number of carbonyl (C=O) groups excluding carboxylic acids is 3. The smallest absolute Gasteiger partial charge is 0.369 e. The fourth-order valence-electron chi connectivity index (χ4n) is 5.02. The summed E-state index contributed by atoms with van der Waals surface area (Å²) in [6.07, 6.45) is -16.4. The van der Waals surface area contributed by atoms with Gasteiger partial charge in [-0.1, -0.05) is 55.8 Å². The summed E-state index contributed by atoms with van der Waals surface area (Å²) in [6.45, 7) is 3.85. The second-order valence-corrected chi connectivity index (χ2v) is 10.9. The summed E-state index contributed by atoms with van der Waals surface area (Å²) in [5.41, 5.74) is 8.11. The first-order chi connectivity index (χ1) is 19.5. The topological polar surface area (TPSA) is 102 Å². The number of rotatable bonds is 10. The van der Waals surface area contributed by atoms with E-state index in [4.69, 9.17) is 17.3 Å². The van der Waals surface area contributed by atoms with E-state index < -0.39 is 73.6 Å². The highest BCUT2D eigenvalue weighted by atomic mass is 35.5. The molecule has 3 N–H and O–H groups in total. The van der Waals surface area contributed by atoms with E-state index in [-0.39, 0.29) is 18.1 Å². The fourth-order valence-corrected chi connectivity index (χ4v) is 5.21. The normalized spacial score (nSPS) is 17.2. The van der Waals surface area contributed by atoms with Crippen molar-refractivity contribution in [3.8, 4) is 0 Å². The maximum atomic E-state index is 13.5. The van der Waals surface area contributed by atoms with Crippen LogP contribution in [0.1, 0.15) is 67.7 Å². The Hall–Kier alpha value is -3.41. The highest BCUT2D eigenvalue weighted by Gasteiger charge is 2.40. The first-order valence-electron chi connectivity index (χ1n) is 13.2. The molecule has 0 saturated carbocycles. The van der Waals surface area contributed by atoms with Gasteiger partial charge in [-0.25, -0.2) is 0 Å². The number of carbonyl (C=O) groups is 3. The average Bonchev–Trinajstić information content (AvgIpc) is 3.00. The zero-order valence-electron chi connectivity index (χ0n) is 22.8. The molecule has 0 spiro atoms. The van der Waals surface area contributed by atoms with Crippen molar-refractivity contribution in [3.05, 3.63) is 69.7 Å². The molecule has 0 unspecified atom stereocenters. The van der Waals surface area contributed by atoms with E-state index in [9.17, 15) is 40.7 Å². The molecule has 0 saturated heterocycles. The van der Waals surface area contributed by atoms with Crippen LogP contribution in [0.25, 0.3) is 0 Å². The number of amides is 2. The summed E-state index contributed by atoms with van der Waals surface area (Å²) in [7, 11) is 0. The number of fused-ring (bicyclic) bond motifs is 1. The third kappa shape index (κ3) is 8.80. The van der Waals surface area contributed by atoms with Gasteiger partial charge in [0, 0.05) is 47.2 Å². The largest absolute Gasteiger partial charge is 0.389 e. The molecule has 0 fully saturated rings. The quantitative estimate of drug-likeness (QED) is 0.307.